The Bertz CT molecular complexity index is 1130. The zero-order valence-electron chi connectivity index (χ0n) is 25.3. The lowest BCUT2D eigenvalue weighted by Crippen LogP contribution is -2.73. The molecule has 0 aromatic carbocycles. The summed E-state index contributed by atoms with van der Waals surface area (Å²) in [6, 6.07) is 0. The Hall–Kier alpha value is -2.82. The highest BCUT2D eigenvalue weighted by Crippen LogP contribution is 2.63. The minimum absolute atomic E-state index is 0.0146. The molecule has 0 aromatic heterocycles. The fourth-order valence-corrected chi connectivity index (χ4v) is 7.47. The molecule has 0 N–H and O–H groups in total. The third-order valence-corrected chi connectivity index (χ3v) is 9.07. The molecule has 2 aliphatic heterocycles. The van der Waals surface area contributed by atoms with Crippen molar-refractivity contribution < 1.29 is 47.6 Å². The van der Waals surface area contributed by atoms with Gasteiger partial charge in [-0.3, -0.25) is 9.59 Å². The maximum atomic E-state index is 14.6. The molecule has 10 nitrogen and oxygen atoms in total. The standard InChI is InChI=1S/C32H44O10/c1-6-8-10-11-12-13-15-21-22-19-23(31(16-14-9-7-2)39-17-18-40-31)42-32(41-20(3)33)27(22)26(30(36)38-5)25(29(35)37-4)24(21)28(32)34/h6-9,21-24,27H,10-19H2,1-5H3/b8-6+,9-7+/t21-,22-,23-,24+,27-,32-/m1/s1. The first-order valence-corrected chi connectivity index (χ1v) is 15.0. The number of unbranched alkanes of at least 4 members (excludes halogenated alkanes) is 3. The van der Waals surface area contributed by atoms with Crippen molar-refractivity contribution in [2.24, 2.45) is 23.7 Å². The second-order valence-corrected chi connectivity index (χ2v) is 11.4. The van der Waals surface area contributed by atoms with Gasteiger partial charge in [-0.05, 0) is 57.8 Å². The van der Waals surface area contributed by atoms with E-state index in [1.807, 2.05) is 32.1 Å². The second kappa shape index (κ2) is 13.7. The van der Waals surface area contributed by atoms with Gasteiger partial charge in [0.2, 0.25) is 5.78 Å². The molecule has 4 bridgehead atoms. The van der Waals surface area contributed by atoms with E-state index in [0.717, 1.165) is 25.7 Å². The van der Waals surface area contributed by atoms with Gasteiger partial charge in [-0.1, -0.05) is 37.1 Å². The summed E-state index contributed by atoms with van der Waals surface area (Å²) < 4.78 is 35.0. The maximum absolute atomic E-state index is 14.6. The average molecular weight is 589 g/mol. The van der Waals surface area contributed by atoms with Crippen LogP contribution in [0, 0.1) is 23.7 Å². The van der Waals surface area contributed by atoms with Crippen LogP contribution in [0.4, 0.5) is 0 Å². The van der Waals surface area contributed by atoms with Crippen molar-refractivity contribution in [3.05, 3.63) is 35.5 Å². The lowest BCUT2D eigenvalue weighted by atomic mass is 9.49. The second-order valence-electron chi connectivity index (χ2n) is 11.4. The summed E-state index contributed by atoms with van der Waals surface area (Å²) in [5, 5.41) is 0. The predicted molar refractivity (Wildman–Crippen MR) is 151 cm³/mol. The van der Waals surface area contributed by atoms with E-state index in [4.69, 9.17) is 28.4 Å². The highest BCUT2D eigenvalue weighted by molar-refractivity contribution is 6.11. The number of methoxy groups -OCH3 is 2. The fourth-order valence-electron chi connectivity index (χ4n) is 7.47. The van der Waals surface area contributed by atoms with Crippen LogP contribution in [0.25, 0.3) is 0 Å². The number of ether oxygens (including phenoxy) is 6. The summed E-state index contributed by atoms with van der Waals surface area (Å²) in [5.74, 6) is -8.88. The Morgan fingerprint density at radius 3 is 2.19 bits per heavy atom. The van der Waals surface area contributed by atoms with Crippen LogP contribution in [-0.2, 0) is 47.6 Å². The van der Waals surface area contributed by atoms with E-state index >= 15 is 0 Å². The third kappa shape index (κ3) is 5.73. The zero-order chi connectivity index (χ0) is 30.5. The number of carbonyl (C=O) groups is 4. The number of hydrogen-bond donors (Lipinski definition) is 0. The summed E-state index contributed by atoms with van der Waals surface area (Å²) in [6.07, 6.45) is 13.2. The Kier molecular flexibility index (Phi) is 10.4. The van der Waals surface area contributed by atoms with E-state index in [1.165, 1.54) is 21.1 Å². The largest absolute Gasteiger partial charge is 0.466 e. The van der Waals surface area contributed by atoms with Gasteiger partial charge in [-0.15, -0.1) is 0 Å². The molecule has 1 saturated carbocycles. The van der Waals surface area contributed by atoms with Crippen LogP contribution in [0.1, 0.15) is 72.1 Å². The van der Waals surface area contributed by atoms with Gasteiger partial charge in [-0.2, -0.15) is 0 Å². The number of carbonyl (C=O) groups excluding carboxylic acids is 4. The molecule has 6 atom stereocenters. The van der Waals surface area contributed by atoms with Gasteiger partial charge in [0.15, 0.2) is 5.79 Å². The molecule has 2 saturated heterocycles. The van der Waals surface area contributed by atoms with Gasteiger partial charge in [0.25, 0.3) is 5.79 Å². The minimum Gasteiger partial charge on any atom is -0.466 e. The van der Waals surface area contributed by atoms with Crippen LogP contribution in [0.2, 0.25) is 0 Å². The first-order chi connectivity index (χ1) is 20.2. The molecule has 0 aromatic rings. The molecule has 42 heavy (non-hydrogen) atoms. The number of Topliss-reactive ketones (excluding diaryl/α,β-unsaturated/α-hetero) is 1. The van der Waals surface area contributed by atoms with E-state index in [9.17, 15) is 19.2 Å². The highest BCUT2D eigenvalue weighted by Gasteiger charge is 2.74. The van der Waals surface area contributed by atoms with Gasteiger partial charge in [0, 0.05) is 13.3 Å². The van der Waals surface area contributed by atoms with Crippen molar-refractivity contribution in [2.75, 3.05) is 27.4 Å². The summed E-state index contributed by atoms with van der Waals surface area (Å²) in [6.45, 7) is 5.83. The molecule has 0 unspecified atom stereocenters. The molecule has 0 spiro atoms. The van der Waals surface area contributed by atoms with E-state index in [1.54, 1.807) is 0 Å². The molecule has 3 fully saturated rings. The van der Waals surface area contributed by atoms with Crippen molar-refractivity contribution in [1.82, 2.24) is 0 Å². The van der Waals surface area contributed by atoms with Crippen LogP contribution in [0.3, 0.4) is 0 Å². The Balaban J connectivity index is 1.83. The van der Waals surface area contributed by atoms with Crippen LogP contribution in [0.15, 0.2) is 35.5 Å². The topological polar surface area (TPSA) is 124 Å². The molecule has 3 aliphatic carbocycles. The van der Waals surface area contributed by atoms with Gasteiger partial charge < -0.3 is 28.4 Å². The van der Waals surface area contributed by atoms with Crippen molar-refractivity contribution >= 4 is 23.7 Å². The van der Waals surface area contributed by atoms with Crippen LogP contribution >= 0.6 is 0 Å². The predicted octanol–water partition coefficient (Wildman–Crippen LogP) is 4.36. The molecule has 5 rings (SSSR count). The molecule has 232 valence electrons. The van der Waals surface area contributed by atoms with Crippen molar-refractivity contribution in [3.63, 3.8) is 0 Å². The summed E-state index contributed by atoms with van der Waals surface area (Å²) in [5.41, 5.74) is -0.0327. The molecule has 10 heteroatoms. The van der Waals surface area contributed by atoms with Crippen molar-refractivity contribution in [2.45, 2.75) is 89.8 Å². The van der Waals surface area contributed by atoms with Crippen molar-refractivity contribution in [1.29, 1.82) is 0 Å². The molecular weight excluding hydrogens is 544 g/mol. The van der Waals surface area contributed by atoms with Gasteiger partial charge in [0.05, 0.1) is 50.4 Å². The molecule has 5 aliphatic rings. The minimum atomic E-state index is -2.13. The lowest BCUT2D eigenvalue weighted by molar-refractivity contribution is -0.351. The monoisotopic (exact) mass is 588 g/mol. The van der Waals surface area contributed by atoms with Crippen LogP contribution in [0.5, 0.6) is 0 Å². The fraction of sp³-hybridized carbons (Fsp3) is 0.688. The first kappa shape index (κ1) is 32.1. The molecule has 0 radical (unpaired) electrons. The van der Waals surface area contributed by atoms with E-state index in [0.29, 0.717) is 38.9 Å². The van der Waals surface area contributed by atoms with E-state index in [-0.39, 0.29) is 23.0 Å². The number of esters is 3. The number of allylic oxidation sites excluding steroid dienone is 4. The van der Waals surface area contributed by atoms with Crippen molar-refractivity contribution in [3.8, 4) is 0 Å². The van der Waals surface area contributed by atoms with Gasteiger partial charge in [0.1, 0.15) is 6.10 Å². The maximum Gasteiger partial charge on any atom is 0.335 e. The quantitative estimate of drug-likeness (QED) is 0.133. The lowest BCUT2D eigenvalue weighted by Gasteiger charge is -2.61. The number of rotatable bonds is 13. The molecule has 0 amide bonds. The van der Waals surface area contributed by atoms with Gasteiger partial charge in [-0.25, -0.2) is 9.59 Å². The zero-order valence-corrected chi connectivity index (χ0v) is 25.3. The van der Waals surface area contributed by atoms with Crippen LogP contribution < -0.4 is 0 Å². The Labute approximate surface area is 247 Å². The molecular formula is C32H44O10. The number of hydrogen-bond acceptors (Lipinski definition) is 10. The van der Waals surface area contributed by atoms with E-state index in [2.05, 4.69) is 6.08 Å². The summed E-state index contributed by atoms with van der Waals surface area (Å²) in [7, 11) is 2.43. The summed E-state index contributed by atoms with van der Waals surface area (Å²) in [4.78, 5) is 53.7. The SMILES string of the molecule is C/C=C/CCCCC[C@H]1[C@@H]2C(=O)[C@]3(OC(C)=O)O[C@@H](C4(CC/C=C/C)OCCO4)C[C@H]1[C@@H]3C(C(=O)OC)=C2C(=O)OC. The Morgan fingerprint density at radius 1 is 0.929 bits per heavy atom. The normalized spacial score (nSPS) is 31.6. The number of ketones is 1. The van der Waals surface area contributed by atoms with Crippen LogP contribution in [-0.4, -0.2) is 68.8 Å². The average Bonchev–Trinajstić information content (AvgIpc) is 3.46. The Morgan fingerprint density at radius 2 is 1.57 bits per heavy atom. The molecule has 2 heterocycles. The first-order valence-electron chi connectivity index (χ1n) is 15.0. The third-order valence-electron chi connectivity index (χ3n) is 9.07. The van der Waals surface area contributed by atoms with E-state index < -0.39 is 53.2 Å². The highest BCUT2D eigenvalue weighted by atomic mass is 16.8. The van der Waals surface area contributed by atoms with Gasteiger partial charge >= 0.3 is 17.9 Å². The summed E-state index contributed by atoms with van der Waals surface area (Å²) >= 11 is 0. The smallest absolute Gasteiger partial charge is 0.335 e.